The molecule has 19 heavy (non-hydrogen) atoms. The van der Waals surface area contributed by atoms with E-state index < -0.39 is 5.82 Å². The van der Waals surface area contributed by atoms with E-state index in [1.165, 1.54) is 12.1 Å². The fraction of sp³-hybridized carbons (Fsp3) is 0.286. The van der Waals surface area contributed by atoms with E-state index in [0.717, 1.165) is 11.0 Å². The van der Waals surface area contributed by atoms with Crippen molar-refractivity contribution in [2.75, 3.05) is 11.5 Å². The Labute approximate surface area is 109 Å². The molecule has 0 bridgehead atoms. The summed E-state index contributed by atoms with van der Waals surface area (Å²) in [6, 6.07) is 3.86. The van der Waals surface area contributed by atoms with Gasteiger partial charge in [-0.15, -0.1) is 0 Å². The molecule has 4 nitrogen and oxygen atoms in total. The van der Waals surface area contributed by atoms with Crippen molar-refractivity contribution in [1.29, 1.82) is 0 Å². The molecule has 2 amide bonds. The molecule has 1 aromatic rings. The molecule has 1 atom stereocenters. The number of carbonyl (C=O) groups excluding carboxylic acids is 2. The molecule has 0 aliphatic carbocycles. The van der Waals surface area contributed by atoms with Gasteiger partial charge in [0.1, 0.15) is 12.4 Å². The third kappa shape index (κ3) is 2.49. The van der Waals surface area contributed by atoms with Crippen LogP contribution in [0.5, 0.6) is 0 Å². The molecule has 1 N–H and O–H groups in total. The minimum atomic E-state index is -0.558. The number of rotatable bonds is 1. The van der Waals surface area contributed by atoms with Crippen LogP contribution in [0.25, 0.3) is 0 Å². The molecule has 98 valence electrons. The number of imide groups is 1. The molecule has 1 aromatic carbocycles. The predicted octanol–water partition coefficient (Wildman–Crippen LogP) is 1.07. The summed E-state index contributed by atoms with van der Waals surface area (Å²) in [5.41, 5.74) is 0.356. The first-order chi connectivity index (χ1) is 9.04. The van der Waals surface area contributed by atoms with Gasteiger partial charge in [-0.2, -0.15) is 0 Å². The first kappa shape index (κ1) is 13.2. The SMILES string of the molecule is CC1CC(=O)N(c2ccc(F)c(C#CCO)c2)C1=O. The van der Waals surface area contributed by atoms with Gasteiger partial charge in [-0.1, -0.05) is 18.8 Å². The monoisotopic (exact) mass is 261 g/mol. The van der Waals surface area contributed by atoms with Crippen LogP contribution in [-0.4, -0.2) is 23.5 Å². The molecule has 0 spiro atoms. The second-order valence-corrected chi connectivity index (χ2v) is 4.30. The number of hydrogen-bond donors (Lipinski definition) is 1. The van der Waals surface area contributed by atoms with Crippen molar-refractivity contribution in [3.63, 3.8) is 0 Å². The lowest BCUT2D eigenvalue weighted by molar-refractivity contribution is -0.122. The van der Waals surface area contributed by atoms with Crippen LogP contribution < -0.4 is 4.90 Å². The topological polar surface area (TPSA) is 57.6 Å². The van der Waals surface area contributed by atoms with Crippen LogP contribution in [0.3, 0.4) is 0 Å². The predicted molar refractivity (Wildman–Crippen MR) is 66.6 cm³/mol. The third-order valence-corrected chi connectivity index (χ3v) is 2.88. The Bertz CT molecular complexity index is 600. The standard InChI is InChI=1S/C14H12FNO3/c1-9-7-13(18)16(14(9)19)11-4-5-12(15)10(8-11)3-2-6-17/h4-5,8-9,17H,6-7H2,1H3. The van der Waals surface area contributed by atoms with Gasteiger partial charge in [0.25, 0.3) is 0 Å². The van der Waals surface area contributed by atoms with E-state index in [-0.39, 0.29) is 36.3 Å². The first-order valence-electron chi connectivity index (χ1n) is 5.80. The van der Waals surface area contributed by atoms with E-state index >= 15 is 0 Å². The fourth-order valence-electron chi connectivity index (χ4n) is 1.94. The number of halogens is 1. The van der Waals surface area contributed by atoms with Gasteiger partial charge in [0.15, 0.2) is 0 Å². The Balaban J connectivity index is 2.41. The summed E-state index contributed by atoms with van der Waals surface area (Å²) in [5.74, 6) is 3.26. The molecule has 0 saturated carbocycles. The highest BCUT2D eigenvalue weighted by Gasteiger charge is 2.36. The van der Waals surface area contributed by atoms with Crippen LogP contribution in [0.2, 0.25) is 0 Å². The number of carbonyl (C=O) groups is 2. The second-order valence-electron chi connectivity index (χ2n) is 4.30. The lowest BCUT2D eigenvalue weighted by Crippen LogP contribution is -2.30. The highest BCUT2D eigenvalue weighted by atomic mass is 19.1. The van der Waals surface area contributed by atoms with E-state index in [4.69, 9.17) is 5.11 Å². The summed E-state index contributed by atoms with van der Waals surface area (Å²) >= 11 is 0. The van der Waals surface area contributed by atoms with Crippen molar-refractivity contribution in [2.45, 2.75) is 13.3 Å². The Morgan fingerprint density at radius 1 is 1.47 bits per heavy atom. The summed E-state index contributed by atoms with van der Waals surface area (Å²) in [6.45, 7) is 1.29. The van der Waals surface area contributed by atoms with Crippen LogP contribution in [0.15, 0.2) is 18.2 Å². The maximum atomic E-state index is 13.5. The van der Waals surface area contributed by atoms with E-state index in [1.54, 1.807) is 6.92 Å². The average Bonchev–Trinajstić information content (AvgIpc) is 2.63. The highest BCUT2D eigenvalue weighted by molar-refractivity contribution is 6.20. The molecular weight excluding hydrogens is 249 g/mol. The van der Waals surface area contributed by atoms with Crippen LogP contribution in [0.1, 0.15) is 18.9 Å². The molecule has 0 radical (unpaired) electrons. The van der Waals surface area contributed by atoms with Crippen LogP contribution in [0, 0.1) is 23.6 Å². The molecule has 1 unspecified atom stereocenters. The summed E-state index contributed by atoms with van der Waals surface area (Å²) in [5, 5.41) is 8.60. The van der Waals surface area contributed by atoms with Crippen molar-refractivity contribution in [2.24, 2.45) is 5.92 Å². The molecular formula is C14H12FNO3. The van der Waals surface area contributed by atoms with Crippen molar-refractivity contribution in [3.05, 3.63) is 29.6 Å². The molecule has 2 rings (SSSR count). The number of aliphatic hydroxyl groups excluding tert-OH is 1. The number of amides is 2. The summed E-state index contributed by atoms with van der Waals surface area (Å²) in [4.78, 5) is 24.7. The third-order valence-electron chi connectivity index (χ3n) is 2.88. The quantitative estimate of drug-likeness (QED) is 0.607. The lowest BCUT2D eigenvalue weighted by Gasteiger charge is -2.14. The lowest BCUT2D eigenvalue weighted by atomic mass is 10.1. The zero-order valence-corrected chi connectivity index (χ0v) is 10.3. The summed E-state index contributed by atoms with van der Waals surface area (Å²) in [7, 11) is 0. The summed E-state index contributed by atoms with van der Waals surface area (Å²) < 4.78 is 13.5. The molecule has 1 aliphatic heterocycles. The zero-order valence-electron chi connectivity index (χ0n) is 10.3. The fourth-order valence-corrected chi connectivity index (χ4v) is 1.94. The van der Waals surface area contributed by atoms with Crippen molar-refractivity contribution >= 4 is 17.5 Å². The highest BCUT2D eigenvalue weighted by Crippen LogP contribution is 2.27. The van der Waals surface area contributed by atoms with Gasteiger partial charge in [0.05, 0.1) is 11.3 Å². The first-order valence-corrected chi connectivity index (χ1v) is 5.80. The normalized spacial score (nSPS) is 18.5. The maximum Gasteiger partial charge on any atom is 0.237 e. The van der Waals surface area contributed by atoms with Crippen LogP contribution >= 0.6 is 0 Å². The van der Waals surface area contributed by atoms with Crippen LogP contribution in [-0.2, 0) is 9.59 Å². The number of anilines is 1. The number of nitrogens with zero attached hydrogens (tertiary/aromatic N) is 1. The maximum absolute atomic E-state index is 13.5. The Morgan fingerprint density at radius 3 is 2.79 bits per heavy atom. The minimum absolute atomic E-state index is 0.0479. The van der Waals surface area contributed by atoms with Gasteiger partial charge in [-0.25, -0.2) is 4.39 Å². The number of hydrogen-bond acceptors (Lipinski definition) is 3. The van der Waals surface area contributed by atoms with Crippen molar-refractivity contribution in [1.82, 2.24) is 0 Å². The van der Waals surface area contributed by atoms with E-state index in [0.29, 0.717) is 5.69 Å². The number of benzene rings is 1. The van der Waals surface area contributed by atoms with Gasteiger partial charge < -0.3 is 5.11 Å². The molecule has 1 heterocycles. The Hall–Kier alpha value is -2.19. The second kappa shape index (κ2) is 5.21. The minimum Gasteiger partial charge on any atom is -0.384 e. The smallest absolute Gasteiger partial charge is 0.237 e. The van der Waals surface area contributed by atoms with Crippen molar-refractivity contribution < 1.29 is 19.1 Å². The molecule has 1 saturated heterocycles. The van der Waals surface area contributed by atoms with Gasteiger partial charge in [0.2, 0.25) is 11.8 Å². The number of aliphatic hydroxyl groups is 1. The average molecular weight is 261 g/mol. The zero-order chi connectivity index (χ0) is 14.0. The summed E-state index contributed by atoms with van der Waals surface area (Å²) in [6.07, 6.45) is 0.161. The van der Waals surface area contributed by atoms with E-state index in [9.17, 15) is 14.0 Å². The molecule has 1 fully saturated rings. The molecule has 0 aromatic heterocycles. The van der Waals surface area contributed by atoms with Crippen molar-refractivity contribution in [3.8, 4) is 11.8 Å². The Kier molecular flexibility index (Phi) is 3.63. The van der Waals surface area contributed by atoms with E-state index in [2.05, 4.69) is 11.8 Å². The Morgan fingerprint density at radius 2 is 2.21 bits per heavy atom. The van der Waals surface area contributed by atoms with Gasteiger partial charge in [-0.05, 0) is 18.2 Å². The van der Waals surface area contributed by atoms with E-state index in [1.807, 2.05) is 0 Å². The molecule has 5 heteroatoms. The van der Waals surface area contributed by atoms with Gasteiger partial charge in [0, 0.05) is 12.3 Å². The van der Waals surface area contributed by atoms with Crippen LogP contribution in [0.4, 0.5) is 10.1 Å². The van der Waals surface area contributed by atoms with Gasteiger partial charge >= 0.3 is 0 Å². The largest absolute Gasteiger partial charge is 0.384 e. The van der Waals surface area contributed by atoms with Gasteiger partial charge in [-0.3, -0.25) is 14.5 Å². The molecule has 1 aliphatic rings.